The van der Waals surface area contributed by atoms with E-state index in [4.69, 9.17) is 0 Å². The molecule has 2 fully saturated rings. The quantitative estimate of drug-likeness (QED) is 0.815. The summed E-state index contributed by atoms with van der Waals surface area (Å²) in [6, 6.07) is 0.194. The summed E-state index contributed by atoms with van der Waals surface area (Å²) in [5.41, 5.74) is 0. The standard InChI is InChI=1S/C11H21NO2S2/c1-15-11(6-7-11)8-12-9-4-3-5-10(9)16(2,13)14/h9-10,12H,3-8H2,1-2H3. The van der Waals surface area contributed by atoms with Crippen LogP contribution < -0.4 is 5.32 Å². The van der Waals surface area contributed by atoms with Crippen LogP contribution in [0.25, 0.3) is 0 Å². The van der Waals surface area contributed by atoms with Gasteiger partial charge in [-0.3, -0.25) is 0 Å². The van der Waals surface area contributed by atoms with E-state index in [-0.39, 0.29) is 11.3 Å². The maximum Gasteiger partial charge on any atom is 0.151 e. The summed E-state index contributed by atoms with van der Waals surface area (Å²) in [5, 5.41) is 3.34. The van der Waals surface area contributed by atoms with Crippen LogP contribution in [0.15, 0.2) is 0 Å². The van der Waals surface area contributed by atoms with Crippen LogP contribution >= 0.6 is 11.8 Å². The summed E-state index contributed by atoms with van der Waals surface area (Å²) in [6.07, 6.45) is 8.97. The molecule has 2 aliphatic carbocycles. The molecule has 0 amide bonds. The Morgan fingerprint density at radius 2 is 2.06 bits per heavy atom. The number of sulfone groups is 1. The van der Waals surface area contributed by atoms with Crippen molar-refractivity contribution in [2.24, 2.45) is 0 Å². The second kappa shape index (κ2) is 4.50. The molecule has 2 aliphatic rings. The first-order chi connectivity index (χ1) is 7.47. The van der Waals surface area contributed by atoms with E-state index in [0.29, 0.717) is 4.75 Å². The highest BCUT2D eigenvalue weighted by Gasteiger charge is 2.43. The van der Waals surface area contributed by atoms with Crippen molar-refractivity contribution in [2.45, 2.75) is 48.1 Å². The second-order valence-corrected chi connectivity index (χ2v) is 8.71. The molecule has 0 aromatic heterocycles. The average molecular weight is 263 g/mol. The summed E-state index contributed by atoms with van der Waals surface area (Å²) < 4.78 is 23.6. The summed E-state index contributed by atoms with van der Waals surface area (Å²) in [5.74, 6) is 0. The highest BCUT2D eigenvalue weighted by molar-refractivity contribution is 8.00. The van der Waals surface area contributed by atoms with Gasteiger partial charge in [0.05, 0.1) is 5.25 Å². The van der Waals surface area contributed by atoms with Crippen molar-refractivity contribution in [3.63, 3.8) is 0 Å². The lowest BCUT2D eigenvalue weighted by Crippen LogP contribution is -2.43. The van der Waals surface area contributed by atoms with Crippen LogP contribution in [0.1, 0.15) is 32.1 Å². The zero-order valence-corrected chi connectivity index (χ0v) is 11.7. The first kappa shape index (κ1) is 12.7. The molecule has 2 atom stereocenters. The number of nitrogens with one attached hydrogen (secondary N) is 1. The third kappa shape index (κ3) is 2.74. The molecule has 0 spiro atoms. The van der Waals surface area contributed by atoms with Crippen LogP contribution in [0.2, 0.25) is 0 Å². The van der Waals surface area contributed by atoms with Gasteiger partial charge >= 0.3 is 0 Å². The number of thioether (sulfide) groups is 1. The lowest BCUT2D eigenvalue weighted by Gasteiger charge is -2.22. The van der Waals surface area contributed by atoms with Gasteiger partial charge in [-0.15, -0.1) is 0 Å². The Morgan fingerprint density at radius 1 is 1.38 bits per heavy atom. The molecular formula is C11H21NO2S2. The van der Waals surface area contributed by atoms with Crippen LogP contribution in [-0.2, 0) is 9.84 Å². The van der Waals surface area contributed by atoms with Gasteiger partial charge in [0.1, 0.15) is 0 Å². The van der Waals surface area contributed by atoms with E-state index in [2.05, 4.69) is 11.6 Å². The largest absolute Gasteiger partial charge is 0.311 e. The molecule has 0 heterocycles. The number of rotatable bonds is 5. The SMILES string of the molecule is CSC1(CNC2CCCC2S(C)(=O)=O)CC1. The molecule has 0 bridgehead atoms. The van der Waals surface area contributed by atoms with Gasteiger partial charge in [0.2, 0.25) is 0 Å². The summed E-state index contributed by atoms with van der Waals surface area (Å²) in [7, 11) is -2.88. The molecule has 5 heteroatoms. The van der Waals surface area contributed by atoms with E-state index in [1.54, 1.807) is 0 Å². The first-order valence-corrected chi connectivity index (χ1v) is 9.12. The molecule has 2 saturated carbocycles. The number of hydrogen-bond donors (Lipinski definition) is 1. The summed E-state index contributed by atoms with van der Waals surface area (Å²) in [6.45, 7) is 0.977. The highest BCUT2D eigenvalue weighted by Crippen LogP contribution is 2.46. The molecule has 0 aliphatic heterocycles. The predicted octanol–water partition coefficient (Wildman–Crippen LogP) is 1.44. The molecule has 3 nitrogen and oxygen atoms in total. The summed E-state index contributed by atoms with van der Waals surface area (Å²) >= 11 is 1.92. The minimum Gasteiger partial charge on any atom is -0.311 e. The Kier molecular flexibility index (Phi) is 3.57. The summed E-state index contributed by atoms with van der Waals surface area (Å²) in [4.78, 5) is 0. The van der Waals surface area contributed by atoms with E-state index in [1.165, 1.54) is 19.1 Å². The smallest absolute Gasteiger partial charge is 0.151 e. The Bertz CT molecular complexity index is 349. The van der Waals surface area contributed by atoms with Crippen molar-refractivity contribution >= 4 is 21.6 Å². The van der Waals surface area contributed by atoms with Gasteiger partial charge in [0.25, 0.3) is 0 Å². The molecule has 2 rings (SSSR count). The molecule has 0 aromatic carbocycles. The third-order valence-electron chi connectivity index (χ3n) is 3.93. The molecule has 0 radical (unpaired) electrons. The minimum atomic E-state index is -2.88. The van der Waals surface area contributed by atoms with Gasteiger partial charge < -0.3 is 5.32 Å². The Hall–Kier alpha value is 0.260. The third-order valence-corrected chi connectivity index (χ3v) is 7.01. The van der Waals surface area contributed by atoms with Gasteiger partial charge in [-0.1, -0.05) is 6.42 Å². The molecule has 94 valence electrons. The predicted molar refractivity (Wildman–Crippen MR) is 69.8 cm³/mol. The average Bonchev–Trinajstić information content (AvgIpc) is 2.83. The normalized spacial score (nSPS) is 32.9. The van der Waals surface area contributed by atoms with Crippen LogP contribution in [0.3, 0.4) is 0 Å². The zero-order valence-electron chi connectivity index (χ0n) is 10.0. The van der Waals surface area contributed by atoms with Crippen molar-refractivity contribution in [2.75, 3.05) is 19.1 Å². The van der Waals surface area contributed by atoms with Crippen LogP contribution in [0.5, 0.6) is 0 Å². The van der Waals surface area contributed by atoms with Gasteiger partial charge in [-0.25, -0.2) is 8.42 Å². The molecule has 16 heavy (non-hydrogen) atoms. The van der Waals surface area contributed by atoms with Crippen molar-refractivity contribution in [1.82, 2.24) is 5.32 Å². The second-order valence-electron chi connectivity index (χ2n) is 5.17. The van der Waals surface area contributed by atoms with Gasteiger partial charge in [-0.2, -0.15) is 11.8 Å². The first-order valence-electron chi connectivity index (χ1n) is 5.94. The van der Waals surface area contributed by atoms with E-state index < -0.39 is 9.84 Å². The molecule has 1 N–H and O–H groups in total. The van der Waals surface area contributed by atoms with E-state index in [1.807, 2.05) is 11.8 Å². The Balaban J connectivity index is 1.89. The fourth-order valence-corrected chi connectivity index (χ4v) is 4.74. The molecule has 0 saturated heterocycles. The minimum absolute atomic E-state index is 0.148. The van der Waals surface area contributed by atoms with Crippen molar-refractivity contribution in [3.8, 4) is 0 Å². The topological polar surface area (TPSA) is 46.2 Å². The van der Waals surface area contributed by atoms with Crippen LogP contribution in [0.4, 0.5) is 0 Å². The molecular weight excluding hydrogens is 242 g/mol. The molecule has 0 aromatic rings. The maximum absolute atomic E-state index is 11.6. The van der Waals surface area contributed by atoms with Gasteiger partial charge in [0, 0.05) is 23.6 Å². The fourth-order valence-electron chi connectivity index (χ4n) is 2.58. The van der Waals surface area contributed by atoms with E-state index in [0.717, 1.165) is 25.8 Å². The van der Waals surface area contributed by atoms with E-state index in [9.17, 15) is 8.42 Å². The zero-order chi connectivity index (χ0) is 11.8. The highest BCUT2D eigenvalue weighted by atomic mass is 32.2. The maximum atomic E-state index is 11.6. The van der Waals surface area contributed by atoms with Crippen molar-refractivity contribution < 1.29 is 8.42 Å². The lowest BCUT2D eigenvalue weighted by atomic mass is 10.2. The Labute approximate surface area is 103 Å². The fraction of sp³-hybridized carbons (Fsp3) is 1.00. The van der Waals surface area contributed by atoms with Crippen molar-refractivity contribution in [1.29, 1.82) is 0 Å². The monoisotopic (exact) mass is 263 g/mol. The van der Waals surface area contributed by atoms with Crippen LogP contribution in [0, 0.1) is 0 Å². The van der Waals surface area contributed by atoms with E-state index >= 15 is 0 Å². The van der Waals surface area contributed by atoms with Gasteiger partial charge in [-0.05, 0) is 31.9 Å². The lowest BCUT2D eigenvalue weighted by molar-refractivity contribution is 0.503. The molecule has 2 unspecified atom stereocenters. The number of hydrogen-bond acceptors (Lipinski definition) is 4. The van der Waals surface area contributed by atoms with Crippen LogP contribution in [-0.4, -0.2) is 43.5 Å². The Morgan fingerprint density at radius 3 is 2.56 bits per heavy atom. The van der Waals surface area contributed by atoms with Gasteiger partial charge in [0.15, 0.2) is 9.84 Å². The van der Waals surface area contributed by atoms with Crippen molar-refractivity contribution in [3.05, 3.63) is 0 Å².